The van der Waals surface area contributed by atoms with E-state index in [0.717, 1.165) is 5.69 Å². The van der Waals surface area contributed by atoms with Crippen LogP contribution in [0, 0.1) is 6.92 Å². The van der Waals surface area contributed by atoms with Gasteiger partial charge in [-0.15, -0.1) is 0 Å². The minimum atomic E-state index is -0.123. The van der Waals surface area contributed by atoms with Crippen LogP contribution < -0.4 is 5.56 Å². The van der Waals surface area contributed by atoms with E-state index in [1.807, 2.05) is 6.26 Å². The van der Waals surface area contributed by atoms with Crippen LogP contribution in [0.25, 0.3) is 0 Å². The molecule has 0 bridgehead atoms. The van der Waals surface area contributed by atoms with Gasteiger partial charge in [-0.3, -0.25) is 4.79 Å². The number of rotatable bonds is 1. The minimum absolute atomic E-state index is 0.123. The molecule has 0 atom stereocenters. The fourth-order valence-corrected chi connectivity index (χ4v) is 1.25. The van der Waals surface area contributed by atoms with Gasteiger partial charge < -0.3 is 4.98 Å². The number of aryl methyl sites for hydroxylation is 1. The van der Waals surface area contributed by atoms with Crippen LogP contribution in [0.15, 0.2) is 14.4 Å². The molecule has 11 heavy (non-hydrogen) atoms. The molecule has 1 N–H and O–H groups in total. The second kappa shape index (κ2) is 3.40. The van der Waals surface area contributed by atoms with Crippen molar-refractivity contribution >= 4 is 27.7 Å². The first-order chi connectivity index (χ1) is 5.15. The summed E-state index contributed by atoms with van der Waals surface area (Å²) in [6, 6.07) is 0. The predicted molar refractivity (Wildman–Crippen MR) is 49.1 cm³/mol. The zero-order valence-corrected chi connectivity index (χ0v) is 8.54. The molecular formula is C6H7BrN2OS. The molecule has 0 aliphatic carbocycles. The van der Waals surface area contributed by atoms with Gasteiger partial charge in [0.15, 0.2) is 5.16 Å². The van der Waals surface area contributed by atoms with E-state index in [0.29, 0.717) is 9.63 Å². The van der Waals surface area contributed by atoms with E-state index in [4.69, 9.17) is 0 Å². The molecule has 0 aromatic carbocycles. The normalized spacial score (nSPS) is 10.1. The van der Waals surface area contributed by atoms with Gasteiger partial charge in [0, 0.05) is 0 Å². The Hall–Kier alpha value is -0.290. The first kappa shape index (κ1) is 8.80. The SMILES string of the molecule is CSc1nc(C)c(Br)c(=O)[nH]1. The molecule has 0 radical (unpaired) electrons. The van der Waals surface area contributed by atoms with Crippen molar-refractivity contribution in [2.24, 2.45) is 0 Å². The van der Waals surface area contributed by atoms with Crippen LogP contribution in [0.4, 0.5) is 0 Å². The van der Waals surface area contributed by atoms with E-state index in [2.05, 4.69) is 25.9 Å². The van der Waals surface area contributed by atoms with Gasteiger partial charge in [-0.2, -0.15) is 0 Å². The number of hydrogen-bond acceptors (Lipinski definition) is 3. The monoisotopic (exact) mass is 234 g/mol. The molecular weight excluding hydrogens is 228 g/mol. The van der Waals surface area contributed by atoms with E-state index < -0.39 is 0 Å². The van der Waals surface area contributed by atoms with Crippen molar-refractivity contribution in [3.8, 4) is 0 Å². The third-order valence-electron chi connectivity index (χ3n) is 1.20. The van der Waals surface area contributed by atoms with Crippen molar-refractivity contribution in [3.63, 3.8) is 0 Å². The topological polar surface area (TPSA) is 45.8 Å². The second-order valence-electron chi connectivity index (χ2n) is 1.97. The average molecular weight is 235 g/mol. The van der Waals surface area contributed by atoms with Crippen molar-refractivity contribution in [3.05, 3.63) is 20.5 Å². The Bertz CT molecular complexity index is 323. The lowest BCUT2D eigenvalue weighted by molar-refractivity contribution is 0.895. The first-order valence-corrected chi connectivity index (χ1v) is 4.97. The number of aromatic amines is 1. The Morgan fingerprint density at radius 1 is 1.64 bits per heavy atom. The van der Waals surface area contributed by atoms with Crippen molar-refractivity contribution in [2.45, 2.75) is 12.1 Å². The third-order valence-corrected chi connectivity index (χ3v) is 2.71. The van der Waals surface area contributed by atoms with Crippen LogP contribution in [0.3, 0.4) is 0 Å². The summed E-state index contributed by atoms with van der Waals surface area (Å²) in [7, 11) is 0. The second-order valence-corrected chi connectivity index (χ2v) is 3.56. The number of nitrogens with zero attached hydrogens (tertiary/aromatic N) is 1. The van der Waals surface area contributed by atoms with E-state index >= 15 is 0 Å². The summed E-state index contributed by atoms with van der Waals surface area (Å²) in [5.41, 5.74) is 0.597. The molecule has 0 amide bonds. The highest BCUT2D eigenvalue weighted by Gasteiger charge is 2.02. The molecule has 0 saturated heterocycles. The molecule has 0 unspecified atom stereocenters. The molecule has 60 valence electrons. The number of nitrogens with one attached hydrogen (secondary N) is 1. The highest BCUT2D eigenvalue weighted by Crippen LogP contribution is 2.11. The molecule has 1 aromatic heterocycles. The number of aromatic nitrogens is 2. The van der Waals surface area contributed by atoms with Gasteiger partial charge >= 0.3 is 0 Å². The fourth-order valence-electron chi connectivity index (χ4n) is 0.642. The largest absolute Gasteiger partial charge is 0.300 e. The molecule has 1 rings (SSSR count). The van der Waals surface area contributed by atoms with E-state index in [1.165, 1.54) is 11.8 Å². The Kier molecular flexibility index (Phi) is 2.72. The Balaban J connectivity index is 3.32. The van der Waals surface area contributed by atoms with Gasteiger partial charge in [0.25, 0.3) is 5.56 Å². The lowest BCUT2D eigenvalue weighted by Gasteiger charge is -1.98. The molecule has 0 aliphatic heterocycles. The van der Waals surface area contributed by atoms with E-state index in [1.54, 1.807) is 6.92 Å². The van der Waals surface area contributed by atoms with Crippen LogP contribution >= 0.6 is 27.7 Å². The summed E-state index contributed by atoms with van der Waals surface area (Å²) < 4.78 is 0.510. The molecule has 3 nitrogen and oxygen atoms in total. The Morgan fingerprint density at radius 3 is 2.73 bits per heavy atom. The zero-order chi connectivity index (χ0) is 8.43. The molecule has 1 heterocycles. The maximum atomic E-state index is 11.1. The number of H-pyrrole nitrogens is 1. The summed E-state index contributed by atoms with van der Waals surface area (Å²) in [4.78, 5) is 17.8. The summed E-state index contributed by atoms with van der Waals surface area (Å²) >= 11 is 4.55. The summed E-state index contributed by atoms with van der Waals surface area (Å²) in [5.74, 6) is 0. The molecule has 1 aromatic rings. The van der Waals surface area contributed by atoms with Crippen molar-refractivity contribution < 1.29 is 0 Å². The van der Waals surface area contributed by atoms with Gasteiger partial charge in [-0.25, -0.2) is 4.98 Å². The van der Waals surface area contributed by atoms with Crippen LogP contribution in [0.1, 0.15) is 5.69 Å². The van der Waals surface area contributed by atoms with Crippen LogP contribution in [0.5, 0.6) is 0 Å². The van der Waals surface area contributed by atoms with Crippen molar-refractivity contribution in [2.75, 3.05) is 6.26 Å². The van der Waals surface area contributed by atoms with Gasteiger partial charge in [0.1, 0.15) is 4.47 Å². The third kappa shape index (κ3) is 1.84. The summed E-state index contributed by atoms with van der Waals surface area (Å²) in [6.45, 7) is 1.79. The lowest BCUT2D eigenvalue weighted by Crippen LogP contribution is -2.11. The summed E-state index contributed by atoms with van der Waals surface area (Å²) in [5, 5.41) is 0.649. The molecule has 5 heteroatoms. The fraction of sp³-hybridized carbons (Fsp3) is 0.333. The summed E-state index contributed by atoms with van der Waals surface area (Å²) in [6.07, 6.45) is 1.87. The van der Waals surface area contributed by atoms with Gasteiger partial charge in [0.2, 0.25) is 0 Å². The average Bonchev–Trinajstić information content (AvgIpc) is 1.99. The Morgan fingerprint density at radius 2 is 2.27 bits per heavy atom. The van der Waals surface area contributed by atoms with E-state index in [-0.39, 0.29) is 5.56 Å². The van der Waals surface area contributed by atoms with Crippen LogP contribution in [-0.4, -0.2) is 16.2 Å². The smallest absolute Gasteiger partial charge is 0.266 e. The molecule has 0 spiro atoms. The zero-order valence-electron chi connectivity index (χ0n) is 6.14. The van der Waals surface area contributed by atoms with Crippen LogP contribution in [-0.2, 0) is 0 Å². The van der Waals surface area contributed by atoms with Crippen molar-refractivity contribution in [1.82, 2.24) is 9.97 Å². The molecule has 0 saturated carbocycles. The quantitative estimate of drug-likeness (QED) is 0.593. The van der Waals surface area contributed by atoms with E-state index in [9.17, 15) is 4.79 Å². The number of halogens is 1. The first-order valence-electron chi connectivity index (χ1n) is 2.95. The van der Waals surface area contributed by atoms with Gasteiger partial charge in [0.05, 0.1) is 5.69 Å². The van der Waals surface area contributed by atoms with Crippen molar-refractivity contribution in [1.29, 1.82) is 0 Å². The van der Waals surface area contributed by atoms with Crippen LogP contribution in [0.2, 0.25) is 0 Å². The maximum Gasteiger partial charge on any atom is 0.266 e. The molecule has 0 fully saturated rings. The molecule has 0 aliphatic rings. The maximum absolute atomic E-state index is 11.1. The number of hydrogen-bond donors (Lipinski definition) is 1. The predicted octanol–water partition coefficient (Wildman–Crippen LogP) is 1.56. The van der Waals surface area contributed by atoms with Gasteiger partial charge in [-0.1, -0.05) is 11.8 Å². The number of thioether (sulfide) groups is 1. The highest BCUT2D eigenvalue weighted by molar-refractivity contribution is 9.10. The lowest BCUT2D eigenvalue weighted by atomic mass is 10.5. The van der Waals surface area contributed by atoms with Gasteiger partial charge in [-0.05, 0) is 29.1 Å². The highest BCUT2D eigenvalue weighted by atomic mass is 79.9. The minimum Gasteiger partial charge on any atom is -0.300 e. The standard InChI is InChI=1S/C6H7BrN2OS/c1-3-4(7)5(10)9-6(8-3)11-2/h1-2H3,(H,8,9,10). The Labute approximate surface area is 76.8 Å².